The first kappa shape index (κ1) is 16.2. The molecular weight excluding hydrogens is 358 g/mol. The molecule has 4 rings (SSSR count). The molecule has 0 unspecified atom stereocenters. The van der Waals surface area contributed by atoms with Crippen LogP contribution in [0.15, 0.2) is 47.0 Å². The standard InChI is InChI=1S/C18H12ClN3O4/c1-9-6-14(22-26-9)18(24)20-11-3-5-15-12(8-11)17(23)21-13-7-10(19)2-4-16(13)25-15/h2-8H,1H3,(H,20,24)(H,21,23). The molecule has 2 aromatic carbocycles. The number of halogens is 1. The molecule has 7 nitrogen and oxygen atoms in total. The zero-order chi connectivity index (χ0) is 18.3. The van der Waals surface area contributed by atoms with E-state index in [9.17, 15) is 9.59 Å². The Morgan fingerprint density at radius 1 is 1.15 bits per heavy atom. The van der Waals surface area contributed by atoms with Crippen LogP contribution in [0.2, 0.25) is 5.02 Å². The lowest BCUT2D eigenvalue weighted by atomic mass is 10.1. The largest absolute Gasteiger partial charge is 0.454 e. The summed E-state index contributed by atoms with van der Waals surface area (Å²) in [7, 11) is 0. The minimum atomic E-state index is -0.438. The molecule has 0 saturated carbocycles. The second-order valence-corrected chi connectivity index (χ2v) is 6.12. The lowest BCUT2D eigenvalue weighted by Crippen LogP contribution is -2.14. The maximum absolute atomic E-state index is 12.5. The van der Waals surface area contributed by atoms with E-state index in [1.807, 2.05) is 0 Å². The van der Waals surface area contributed by atoms with Crippen LogP contribution in [0.1, 0.15) is 26.6 Å². The number of nitrogens with one attached hydrogen (secondary N) is 2. The quantitative estimate of drug-likeness (QED) is 0.704. The molecule has 3 aromatic rings. The minimum absolute atomic E-state index is 0.153. The molecule has 2 amide bonds. The summed E-state index contributed by atoms with van der Waals surface area (Å²) in [5.74, 6) is 0.581. The van der Waals surface area contributed by atoms with E-state index in [1.54, 1.807) is 37.3 Å². The van der Waals surface area contributed by atoms with E-state index in [4.69, 9.17) is 20.9 Å². The Bertz CT molecular complexity index is 1040. The lowest BCUT2D eigenvalue weighted by molar-refractivity contribution is 0.101. The summed E-state index contributed by atoms with van der Waals surface area (Å²) in [6.07, 6.45) is 0. The van der Waals surface area contributed by atoms with Gasteiger partial charge in [-0.2, -0.15) is 0 Å². The number of anilines is 2. The molecule has 1 aliphatic rings. The zero-order valence-corrected chi connectivity index (χ0v) is 14.3. The number of benzene rings is 2. The van der Waals surface area contributed by atoms with E-state index in [0.717, 1.165) is 0 Å². The van der Waals surface area contributed by atoms with Crippen LogP contribution < -0.4 is 15.4 Å². The van der Waals surface area contributed by atoms with Crippen LogP contribution >= 0.6 is 11.6 Å². The van der Waals surface area contributed by atoms with E-state index < -0.39 is 5.91 Å². The van der Waals surface area contributed by atoms with Crippen molar-refractivity contribution in [2.24, 2.45) is 0 Å². The van der Waals surface area contributed by atoms with Gasteiger partial charge in [0.05, 0.1) is 11.3 Å². The highest BCUT2D eigenvalue weighted by atomic mass is 35.5. The van der Waals surface area contributed by atoms with Crippen molar-refractivity contribution < 1.29 is 18.8 Å². The highest BCUT2D eigenvalue weighted by molar-refractivity contribution is 6.31. The Balaban J connectivity index is 1.63. The molecule has 0 fully saturated rings. The van der Waals surface area contributed by atoms with Gasteiger partial charge in [0.1, 0.15) is 11.5 Å². The SMILES string of the molecule is Cc1cc(C(=O)Nc2ccc3c(c2)C(=O)Nc2cc(Cl)ccc2O3)no1. The van der Waals surface area contributed by atoms with Gasteiger partial charge in [-0.25, -0.2) is 0 Å². The van der Waals surface area contributed by atoms with Crippen LogP contribution in [-0.4, -0.2) is 17.0 Å². The van der Waals surface area contributed by atoms with Gasteiger partial charge >= 0.3 is 0 Å². The molecular formula is C18H12ClN3O4. The fourth-order valence-electron chi connectivity index (χ4n) is 2.54. The molecule has 0 bridgehead atoms. The van der Waals surface area contributed by atoms with Crippen molar-refractivity contribution in [3.8, 4) is 11.5 Å². The first-order valence-electron chi connectivity index (χ1n) is 7.67. The molecule has 2 heterocycles. The third kappa shape index (κ3) is 3.00. The van der Waals surface area contributed by atoms with Gasteiger partial charge in [0.15, 0.2) is 11.4 Å². The van der Waals surface area contributed by atoms with Crippen molar-refractivity contribution in [1.29, 1.82) is 0 Å². The molecule has 8 heteroatoms. The minimum Gasteiger partial charge on any atom is -0.454 e. The Kier molecular flexibility index (Phi) is 3.85. The molecule has 0 atom stereocenters. The smallest absolute Gasteiger partial charge is 0.277 e. The summed E-state index contributed by atoms with van der Waals surface area (Å²) < 4.78 is 10.7. The first-order valence-corrected chi connectivity index (χ1v) is 8.05. The Morgan fingerprint density at radius 2 is 1.96 bits per heavy atom. The normalized spacial score (nSPS) is 12.3. The number of fused-ring (bicyclic) bond motifs is 2. The Labute approximate surface area is 152 Å². The Hall–Kier alpha value is -3.32. The summed E-state index contributed by atoms with van der Waals surface area (Å²) in [5, 5.41) is 9.56. The number of aryl methyl sites for hydroxylation is 1. The summed E-state index contributed by atoms with van der Waals surface area (Å²) in [6.45, 7) is 1.69. The van der Waals surface area contributed by atoms with E-state index in [-0.39, 0.29) is 17.2 Å². The molecule has 1 aliphatic heterocycles. The van der Waals surface area contributed by atoms with Crippen molar-refractivity contribution in [2.45, 2.75) is 6.92 Å². The molecule has 130 valence electrons. The van der Waals surface area contributed by atoms with E-state index >= 15 is 0 Å². The van der Waals surface area contributed by atoms with Crippen molar-refractivity contribution >= 4 is 34.8 Å². The number of hydrogen-bond donors (Lipinski definition) is 2. The molecule has 0 aliphatic carbocycles. The maximum Gasteiger partial charge on any atom is 0.277 e. The number of hydrogen-bond acceptors (Lipinski definition) is 5. The fourth-order valence-corrected chi connectivity index (χ4v) is 2.71. The highest BCUT2D eigenvalue weighted by Crippen LogP contribution is 2.37. The van der Waals surface area contributed by atoms with E-state index in [1.165, 1.54) is 12.1 Å². The fraction of sp³-hybridized carbons (Fsp3) is 0.0556. The molecule has 1 aromatic heterocycles. The van der Waals surface area contributed by atoms with Gasteiger partial charge in [-0.1, -0.05) is 16.8 Å². The lowest BCUT2D eigenvalue weighted by Gasteiger charge is -2.09. The third-order valence-electron chi connectivity index (χ3n) is 3.75. The van der Waals surface area contributed by atoms with Crippen molar-refractivity contribution in [3.05, 3.63) is 64.5 Å². The van der Waals surface area contributed by atoms with Crippen LogP contribution in [0, 0.1) is 6.92 Å². The van der Waals surface area contributed by atoms with Gasteiger partial charge in [0.2, 0.25) is 0 Å². The molecule has 0 radical (unpaired) electrons. The summed E-state index contributed by atoms with van der Waals surface area (Å²) in [6, 6.07) is 11.3. The maximum atomic E-state index is 12.5. The van der Waals surface area contributed by atoms with Crippen LogP contribution in [0.25, 0.3) is 0 Å². The van der Waals surface area contributed by atoms with Gasteiger partial charge < -0.3 is 19.9 Å². The van der Waals surface area contributed by atoms with Crippen molar-refractivity contribution in [1.82, 2.24) is 5.16 Å². The number of nitrogens with zero attached hydrogens (tertiary/aromatic N) is 1. The second kappa shape index (κ2) is 6.20. The van der Waals surface area contributed by atoms with Gasteiger partial charge in [-0.15, -0.1) is 0 Å². The number of carbonyl (C=O) groups excluding carboxylic acids is 2. The number of rotatable bonds is 2. The summed E-state index contributed by atoms with van der Waals surface area (Å²) in [5.41, 5.74) is 1.34. The Morgan fingerprint density at radius 3 is 2.73 bits per heavy atom. The predicted molar refractivity (Wildman–Crippen MR) is 95.1 cm³/mol. The number of aromatic nitrogens is 1. The average Bonchev–Trinajstić information content (AvgIpc) is 2.99. The van der Waals surface area contributed by atoms with Gasteiger partial charge in [-0.3, -0.25) is 9.59 Å². The molecule has 2 N–H and O–H groups in total. The number of carbonyl (C=O) groups is 2. The van der Waals surface area contributed by atoms with Crippen LogP contribution in [-0.2, 0) is 0 Å². The van der Waals surface area contributed by atoms with E-state index in [2.05, 4.69) is 15.8 Å². The van der Waals surface area contributed by atoms with Gasteiger partial charge in [0, 0.05) is 16.8 Å². The monoisotopic (exact) mass is 369 g/mol. The molecule has 0 spiro atoms. The number of amides is 2. The average molecular weight is 370 g/mol. The molecule has 0 saturated heterocycles. The van der Waals surface area contributed by atoms with Crippen LogP contribution in [0.5, 0.6) is 11.5 Å². The first-order chi connectivity index (χ1) is 12.5. The predicted octanol–water partition coefficient (Wildman–Crippen LogP) is 4.25. The number of ether oxygens (including phenoxy) is 1. The van der Waals surface area contributed by atoms with Crippen LogP contribution in [0.4, 0.5) is 11.4 Å². The summed E-state index contributed by atoms with van der Waals surface area (Å²) >= 11 is 5.96. The van der Waals surface area contributed by atoms with Crippen LogP contribution in [0.3, 0.4) is 0 Å². The van der Waals surface area contributed by atoms with Crippen molar-refractivity contribution in [3.63, 3.8) is 0 Å². The topological polar surface area (TPSA) is 93.5 Å². The molecule has 26 heavy (non-hydrogen) atoms. The highest BCUT2D eigenvalue weighted by Gasteiger charge is 2.22. The second-order valence-electron chi connectivity index (χ2n) is 5.68. The van der Waals surface area contributed by atoms with Gasteiger partial charge in [-0.05, 0) is 43.3 Å². The third-order valence-corrected chi connectivity index (χ3v) is 3.99. The zero-order valence-electron chi connectivity index (χ0n) is 13.5. The van der Waals surface area contributed by atoms with Crippen molar-refractivity contribution in [2.75, 3.05) is 10.6 Å². The van der Waals surface area contributed by atoms with E-state index in [0.29, 0.717) is 33.7 Å². The summed E-state index contributed by atoms with van der Waals surface area (Å²) in [4.78, 5) is 24.7. The van der Waals surface area contributed by atoms with Gasteiger partial charge in [0.25, 0.3) is 11.8 Å².